The number of likely N-dealkylation sites (N-methyl/N-ethyl adjacent to an activating group) is 1. The van der Waals surface area contributed by atoms with Gasteiger partial charge in [0.15, 0.2) is 0 Å². The highest BCUT2D eigenvalue weighted by atomic mass is 16.5. The topological polar surface area (TPSA) is 76.8 Å². The van der Waals surface area contributed by atoms with Crippen LogP contribution in [-0.4, -0.2) is 51.3 Å². The number of hydrogen-bond acceptors (Lipinski definition) is 5. The summed E-state index contributed by atoms with van der Waals surface area (Å²) in [7, 11) is 3.22. The van der Waals surface area contributed by atoms with Crippen LogP contribution in [0.4, 0.5) is 11.4 Å². The molecule has 1 amide bonds. The van der Waals surface area contributed by atoms with Crippen LogP contribution >= 0.6 is 0 Å². The molecule has 0 saturated carbocycles. The molecule has 0 bridgehead atoms. The highest BCUT2D eigenvalue weighted by Crippen LogP contribution is 2.23. The van der Waals surface area contributed by atoms with Gasteiger partial charge in [0.2, 0.25) is 5.91 Å². The van der Waals surface area contributed by atoms with Crippen LogP contribution in [0.5, 0.6) is 5.75 Å². The van der Waals surface area contributed by atoms with Crippen LogP contribution in [0.25, 0.3) is 0 Å². The SMILES string of the molecule is CCN(CCOC)CC(=O)Nc1ccc(OC)cc1N. The number of benzene rings is 1. The van der Waals surface area contributed by atoms with E-state index in [1.54, 1.807) is 32.4 Å². The minimum absolute atomic E-state index is 0.0974. The van der Waals surface area contributed by atoms with Gasteiger partial charge in [-0.05, 0) is 18.7 Å². The number of nitrogens with one attached hydrogen (secondary N) is 1. The van der Waals surface area contributed by atoms with Gasteiger partial charge in [-0.15, -0.1) is 0 Å². The zero-order valence-corrected chi connectivity index (χ0v) is 12.3. The van der Waals surface area contributed by atoms with Gasteiger partial charge in [0, 0.05) is 19.7 Å². The number of anilines is 2. The summed E-state index contributed by atoms with van der Waals surface area (Å²) in [5.41, 5.74) is 6.94. The van der Waals surface area contributed by atoms with Gasteiger partial charge in [-0.1, -0.05) is 6.92 Å². The number of nitrogens with two attached hydrogens (primary N) is 1. The van der Waals surface area contributed by atoms with Crippen molar-refractivity contribution in [2.75, 3.05) is 51.5 Å². The maximum absolute atomic E-state index is 12.0. The summed E-state index contributed by atoms with van der Waals surface area (Å²) >= 11 is 0. The molecule has 0 aliphatic carbocycles. The second-order valence-electron chi connectivity index (χ2n) is 4.36. The Morgan fingerprint density at radius 1 is 1.40 bits per heavy atom. The number of nitrogens with zero attached hydrogens (tertiary/aromatic N) is 1. The maximum Gasteiger partial charge on any atom is 0.238 e. The van der Waals surface area contributed by atoms with Crippen molar-refractivity contribution in [3.63, 3.8) is 0 Å². The van der Waals surface area contributed by atoms with Gasteiger partial charge in [-0.25, -0.2) is 0 Å². The Labute approximate surface area is 119 Å². The minimum Gasteiger partial charge on any atom is -0.497 e. The van der Waals surface area contributed by atoms with Crippen molar-refractivity contribution >= 4 is 17.3 Å². The van der Waals surface area contributed by atoms with Crippen LogP contribution < -0.4 is 15.8 Å². The molecule has 0 atom stereocenters. The molecule has 0 unspecified atom stereocenters. The summed E-state index contributed by atoms with van der Waals surface area (Å²) in [4.78, 5) is 14.0. The Kier molecular flexibility index (Phi) is 6.83. The maximum atomic E-state index is 12.0. The molecule has 20 heavy (non-hydrogen) atoms. The number of ether oxygens (including phenoxy) is 2. The monoisotopic (exact) mass is 281 g/mol. The van der Waals surface area contributed by atoms with Crippen molar-refractivity contribution in [1.82, 2.24) is 4.90 Å². The lowest BCUT2D eigenvalue weighted by molar-refractivity contribution is -0.117. The van der Waals surface area contributed by atoms with Gasteiger partial charge in [-0.3, -0.25) is 9.69 Å². The quantitative estimate of drug-likeness (QED) is 0.700. The normalized spacial score (nSPS) is 10.6. The average molecular weight is 281 g/mol. The van der Waals surface area contributed by atoms with Crippen molar-refractivity contribution in [2.24, 2.45) is 0 Å². The molecule has 1 aromatic rings. The zero-order valence-electron chi connectivity index (χ0n) is 12.3. The number of amides is 1. The molecular formula is C14H23N3O3. The molecule has 1 aromatic carbocycles. The molecule has 0 radical (unpaired) electrons. The minimum atomic E-state index is -0.0974. The van der Waals surface area contributed by atoms with E-state index >= 15 is 0 Å². The van der Waals surface area contributed by atoms with Crippen LogP contribution in [-0.2, 0) is 9.53 Å². The molecule has 0 heterocycles. The van der Waals surface area contributed by atoms with Gasteiger partial charge in [0.25, 0.3) is 0 Å². The molecule has 112 valence electrons. The third kappa shape index (κ3) is 5.07. The number of nitrogen functional groups attached to an aromatic ring is 1. The summed E-state index contributed by atoms with van der Waals surface area (Å²) in [5, 5.41) is 2.80. The van der Waals surface area contributed by atoms with Gasteiger partial charge >= 0.3 is 0 Å². The largest absolute Gasteiger partial charge is 0.497 e. The summed E-state index contributed by atoms with van der Waals surface area (Å²) < 4.78 is 10.1. The predicted molar refractivity (Wildman–Crippen MR) is 80.0 cm³/mol. The highest BCUT2D eigenvalue weighted by molar-refractivity contribution is 5.95. The Bertz CT molecular complexity index is 438. The van der Waals surface area contributed by atoms with Gasteiger partial charge in [-0.2, -0.15) is 0 Å². The first-order valence-corrected chi connectivity index (χ1v) is 6.55. The van der Waals surface area contributed by atoms with Gasteiger partial charge < -0.3 is 20.5 Å². The van der Waals surface area contributed by atoms with E-state index in [1.165, 1.54) is 0 Å². The summed E-state index contributed by atoms with van der Waals surface area (Å²) in [5.74, 6) is 0.565. The van der Waals surface area contributed by atoms with Crippen molar-refractivity contribution in [3.05, 3.63) is 18.2 Å². The summed E-state index contributed by atoms with van der Waals surface area (Å²) in [6, 6.07) is 5.17. The summed E-state index contributed by atoms with van der Waals surface area (Å²) in [6.45, 7) is 4.43. The fraction of sp³-hybridized carbons (Fsp3) is 0.500. The Balaban J connectivity index is 2.57. The van der Waals surface area contributed by atoms with E-state index in [2.05, 4.69) is 5.32 Å². The molecule has 1 rings (SSSR count). The zero-order chi connectivity index (χ0) is 15.0. The lowest BCUT2D eigenvalue weighted by Gasteiger charge is -2.19. The van der Waals surface area contributed by atoms with Crippen LogP contribution in [0.1, 0.15) is 6.92 Å². The van der Waals surface area contributed by atoms with E-state index in [1.807, 2.05) is 11.8 Å². The van der Waals surface area contributed by atoms with Crippen molar-refractivity contribution < 1.29 is 14.3 Å². The van der Waals surface area contributed by atoms with E-state index in [0.717, 1.165) is 13.1 Å². The van der Waals surface area contributed by atoms with Crippen molar-refractivity contribution in [3.8, 4) is 5.75 Å². The Morgan fingerprint density at radius 2 is 2.15 bits per heavy atom. The Hall–Kier alpha value is -1.79. The lowest BCUT2D eigenvalue weighted by atomic mass is 10.2. The number of methoxy groups -OCH3 is 2. The third-order valence-electron chi connectivity index (χ3n) is 2.96. The Morgan fingerprint density at radius 3 is 2.70 bits per heavy atom. The fourth-order valence-corrected chi connectivity index (χ4v) is 1.74. The van der Waals surface area contributed by atoms with Gasteiger partial charge in [0.1, 0.15) is 5.75 Å². The van der Waals surface area contributed by atoms with Crippen LogP contribution in [0, 0.1) is 0 Å². The first-order valence-electron chi connectivity index (χ1n) is 6.55. The van der Waals surface area contributed by atoms with Crippen LogP contribution in [0.15, 0.2) is 18.2 Å². The van der Waals surface area contributed by atoms with Crippen molar-refractivity contribution in [1.29, 1.82) is 0 Å². The average Bonchev–Trinajstić information content (AvgIpc) is 2.45. The molecule has 0 saturated heterocycles. The molecule has 0 spiro atoms. The predicted octanol–water partition coefficient (Wildman–Crippen LogP) is 1.18. The molecule has 3 N–H and O–H groups in total. The van der Waals surface area contributed by atoms with Crippen LogP contribution in [0.3, 0.4) is 0 Å². The first-order chi connectivity index (χ1) is 9.60. The number of carbonyl (C=O) groups is 1. The molecule has 6 nitrogen and oxygen atoms in total. The lowest BCUT2D eigenvalue weighted by Crippen LogP contribution is -2.35. The van der Waals surface area contributed by atoms with Gasteiger partial charge in [0.05, 0.1) is 31.6 Å². The highest BCUT2D eigenvalue weighted by Gasteiger charge is 2.10. The standard InChI is InChI=1S/C14H23N3O3/c1-4-17(7-8-19-2)10-14(18)16-13-6-5-11(20-3)9-12(13)15/h5-6,9H,4,7-8,10,15H2,1-3H3,(H,16,18). The molecule has 0 aliphatic heterocycles. The van der Waals surface area contributed by atoms with E-state index in [9.17, 15) is 4.79 Å². The molecule has 0 aliphatic rings. The smallest absolute Gasteiger partial charge is 0.238 e. The third-order valence-corrected chi connectivity index (χ3v) is 2.96. The van der Waals surface area contributed by atoms with E-state index < -0.39 is 0 Å². The summed E-state index contributed by atoms with van der Waals surface area (Å²) in [6.07, 6.45) is 0. The number of carbonyl (C=O) groups excluding carboxylic acids is 1. The van der Waals surface area contributed by atoms with E-state index in [-0.39, 0.29) is 5.91 Å². The first kappa shape index (κ1) is 16.3. The number of hydrogen-bond donors (Lipinski definition) is 2. The molecule has 0 aromatic heterocycles. The van der Waals surface area contributed by atoms with Crippen LogP contribution in [0.2, 0.25) is 0 Å². The van der Waals surface area contributed by atoms with Crippen molar-refractivity contribution in [2.45, 2.75) is 6.92 Å². The molecule has 0 fully saturated rings. The number of rotatable bonds is 8. The molecular weight excluding hydrogens is 258 g/mol. The second kappa shape index (κ2) is 8.39. The van der Waals surface area contributed by atoms with E-state index in [4.69, 9.17) is 15.2 Å². The van der Waals surface area contributed by atoms with E-state index in [0.29, 0.717) is 30.3 Å². The fourth-order valence-electron chi connectivity index (χ4n) is 1.74. The second-order valence-corrected chi connectivity index (χ2v) is 4.36. The molecule has 6 heteroatoms.